The van der Waals surface area contributed by atoms with Crippen LogP contribution in [0.15, 0.2) is 0 Å². The van der Waals surface area contributed by atoms with Crippen molar-refractivity contribution in [3.05, 3.63) is 0 Å². The summed E-state index contributed by atoms with van der Waals surface area (Å²) >= 11 is 1.83. The Balaban J connectivity index is 4.22. The molecule has 0 spiro atoms. The first-order valence-corrected chi connectivity index (χ1v) is 7.76. The van der Waals surface area contributed by atoms with Gasteiger partial charge in [-0.3, -0.25) is 4.79 Å². The van der Waals surface area contributed by atoms with E-state index >= 15 is 0 Å². The molecular weight excluding hydrogens is 234 g/mol. The minimum atomic E-state index is -0.537. The molecule has 1 atom stereocenters. The lowest BCUT2D eigenvalue weighted by atomic mass is 10.1. The van der Waals surface area contributed by atoms with Crippen LogP contribution in [0.2, 0.25) is 0 Å². The van der Waals surface area contributed by atoms with Gasteiger partial charge in [-0.2, -0.15) is 11.8 Å². The second-order valence-corrected chi connectivity index (χ2v) is 5.49. The molecule has 0 saturated carbocycles. The lowest BCUT2D eigenvalue weighted by Gasteiger charge is -2.28. The molecule has 0 saturated heterocycles. The van der Waals surface area contributed by atoms with Crippen molar-refractivity contribution in [2.45, 2.75) is 52.5 Å². The van der Waals surface area contributed by atoms with E-state index in [1.54, 1.807) is 0 Å². The minimum absolute atomic E-state index is 0.127. The Morgan fingerprint density at radius 2 is 2.00 bits per heavy atom. The van der Waals surface area contributed by atoms with E-state index in [0.717, 1.165) is 24.5 Å². The van der Waals surface area contributed by atoms with E-state index in [1.807, 2.05) is 25.6 Å². The molecule has 0 amide bonds. The van der Waals surface area contributed by atoms with Crippen molar-refractivity contribution >= 4 is 17.7 Å². The third kappa shape index (κ3) is 6.94. The highest BCUT2D eigenvalue weighted by Crippen LogP contribution is 2.16. The van der Waals surface area contributed by atoms with Crippen LogP contribution in [0.4, 0.5) is 0 Å². The third-order valence-corrected chi connectivity index (χ3v) is 3.88. The number of nitrogens with one attached hydrogen (secondary N) is 1. The summed E-state index contributed by atoms with van der Waals surface area (Å²) < 4.78 is 5.15. The van der Waals surface area contributed by atoms with Gasteiger partial charge in [0.25, 0.3) is 0 Å². The number of carbonyl (C=O) groups excluding carboxylic acids is 1. The van der Waals surface area contributed by atoms with E-state index < -0.39 is 5.54 Å². The highest BCUT2D eigenvalue weighted by atomic mass is 32.2. The fourth-order valence-electron chi connectivity index (χ4n) is 1.40. The van der Waals surface area contributed by atoms with Gasteiger partial charge in [-0.15, -0.1) is 0 Å². The lowest BCUT2D eigenvalue weighted by Crippen LogP contribution is -2.53. The van der Waals surface area contributed by atoms with Gasteiger partial charge >= 0.3 is 5.97 Å². The Kier molecular flexibility index (Phi) is 9.65. The summed E-state index contributed by atoms with van der Waals surface area (Å²) in [6.45, 7) is 9.37. The molecule has 0 aliphatic rings. The Morgan fingerprint density at radius 3 is 2.53 bits per heavy atom. The van der Waals surface area contributed by atoms with E-state index in [1.165, 1.54) is 12.8 Å². The Bertz CT molecular complexity index is 212. The van der Waals surface area contributed by atoms with E-state index in [9.17, 15) is 4.79 Å². The number of ether oxygens (including phenoxy) is 1. The van der Waals surface area contributed by atoms with Gasteiger partial charge in [-0.05, 0) is 39.0 Å². The van der Waals surface area contributed by atoms with Gasteiger partial charge in [0.2, 0.25) is 0 Å². The molecule has 17 heavy (non-hydrogen) atoms. The normalized spacial score (nSPS) is 14.4. The van der Waals surface area contributed by atoms with Gasteiger partial charge in [-0.1, -0.05) is 20.3 Å². The summed E-state index contributed by atoms with van der Waals surface area (Å²) in [5.74, 6) is 1.77. The Labute approximate surface area is 110 Å². The Morgan fingerprint density at radius 1 is 1.29 bits per heavy atom. The maximum Gasteiger partial charge on any atom is 0.326 e. The van der Waals surface area contributed by atoms with E-state index in [4.69, 9.17) is 4.74 Å². The number of unbranched alkanes of at least 4 members (excludes halogenated alkanes) is 1. The summed E-state index contributed by atoms with van der Waals surface area (Å²) in [7, 11) is 0. The summed E-state index contributed by atoms with van der Waals surface area (Å²) in [5, 5.41) is 3.31. The average Bonchev–Trinajstić information content (AvgIpc) is 2.32. The van der Waals surface area contributed by atoms with Crippen LogP contribution in [0, 0.1) is 0 Å². The second kappa shape index (κ2) is 9.77. The van der Waals surface area contributed by atoms with Gasteiger partial charge in [0.15, 0.2) is 0 Å². The largest absolute Gasteiger partial charge is 0.465 e. The summed E-state index contributed by atoms with van der Waals surface area (Å²) in [4.78, 5) is 11.9. The zero-order valence-corrected chi connectivity index (χ0v) is 12.5. The summed E-state index contributed by atoms with van der Waals surface area (Å²) in [5.41, 5.74) is -0.537. The monoisotopic (exact) mass is 261 g/mol. The van der Waals surface area contributed by atoms with Gasteiger partial charge in [0, 0.05) is 5.75 Å². The van der Waals surface area contributed by atoms with Crippen LogP contribution >= 0.6 is 11.8 Å². The molecule has 0 bridgehead atoms. The van der Waals surface area contributed by atoms with Crippen molar-refractivity contribution in [3.8, 4) is 0 Å². The molecule has 0 heterocycles. The van der Waals surface area contributed by atoms with Crippen LogP contribution in [0.25, 0.3) is 0 Å². The molecule has 0 rings (SSSR count). The fraction of sp³-hybridized carbons (Fsp3) is 0.923. The number of carbonyl (C=O) groups is 1. The van der Waals surface area contributed by atoms with Crippen molar-refractivity contribution in [1.82, 2.24) is 5.32 Å². The quantitative estimate of drug-likeness (QED) is 0.485. The summed E-state index contributed by atoms with van der Waals surface area (Å²) in [6, 6.07) is 0. The van der Waals surface area contributed by atoms with Crippen LogP contribution < -0.4 is 5.32 Å². The van der Waals surface area contributed by atoms with Gasteiger partial charge in [0.1, 0.15) is 5.54 Å². The predicted octanol–water partition coefficient (Wildman–Crippen LogP) is 2.84. The molecule has 0 aliphatic carbocycles. The lowest BCUT2D eigenvalue weighted by molar-refractivity contribution is -0.149. The SMILES string of the molecule is CCCCSCC(C)(NCCC)C(=O)OCC. The molecule has 0 fully saturated rings. The first kappa shape index (κ1) is 16.8. The van der Waals surface area contributed by atoms with Gasteiger partial charge < -0.3 is 10.1 Å². The average molecular weight is 261 g/mol. The number of thioether (sulfide) groups is 1. The topological polar surface area (TPSA) is 38.3 Å². The van der Waals surface area contributed by atoms with Crippen molar-refractivity contribution < 1.29 is 9.53 Å². The van der Waals surface area contributed by atoms with Crippen molar-refractivity contribution in [1.29, 1.82) is 0 Å². The van der Waals surface area contributed by atoms with Crippen molar-refractivity contribution in [3.63, 3.8) is 0 Å². The number of hydrogen-bond donors (Lipinski definition) is 1. The van der Waals surface area contributed by atoms with E-state index in [0.29, 0.717) is 6.61 Å². The standard InChI is InChI=1S/C13H27NO2S/c1-5-8-10-17-11-13(4,14-9-6-2)12(15)16-7-3/h14H,5-11H2,1-4H3. The van der Waals surface area contributed by atoms with E-state index in [2.05, 4.69) is 19.2 Å². The minimum Gasteiger partial charge on any atom is -0.465 e. The molecule has 0 aromatic carbocycles. The fourth-order valence-corrected chi connectivity index (χ4v) is 2.66. The smallest absolute Gasteiger partial charge is 0.326 e. The number of hydrogen-bond acceptors (Lipinski definition) is 4. The maximum absolute atomic E-state index is 11.9. The van der Waals surface area contributed by atoms with Crippen LogP contribution in [-0.2, 0) is 9.53 Å². The van der Waals surface area contributed by atoms with Crippen LogP contribution in [0.3, 0.4) is 0 Å². The molecule has 0 aromatic heterocycles. The third-order valence-electron chi connectivity index (χ3n) is 2.52. The number of esters is 1. The Hall–Kier alpha value is -0.220. The second-order valence-electron chi connectivity index (χ2n) is 4.39. The molecule has 102 valence electrons. The maximum atomic E-state index is 11.9. The first-order valence-electron chi connectivity index (χ1n) is 6.60. The summed E-state index contributed by atoms with van der Waals surface area (Å²) in [6.07, 6.45) is 3.43. The first-order chi connectivity index (χ1) is 8.10. The molecule has 4 heteroatoms. The molecule has 0 aliphatic heterocycles. The molecule has 0 radical (unpaired) electrons. The molecule has 1 N–H and O–H groups in total. The zero-order valence-electron chi connectivity index (χ0n) is 11.7. The predicted molar refractivity (Wildman–Crippen MR) is 75.6 cm³/mol. The molecule has 1 unspecified atom stereocenters. The van der Waals surface area contributed by atoms with Crippen LogP contribution in [0.1, 0.15) is 47.0 Å². The van der Waals surface area contributed by atoms with Gasteiger partial charge in [-0.25, -0.2) is 0 Å². The van der Waals surface area contributed by atoms with Gasteiger partial charge in [0.05, 0.1) is 6.61 Å². The highest BCUT2D eigenvalue weighted by molar-refractivity contribution is 7.99. The van der Waals surface area contributed by atoms with Crippen LogP contribution in [0.5, 0.6) is 0 Å². The molecule has 0 aromatic rings. The van der Waals surface area contributed by atoms with Crippen LogP contribution in [-0.4, -0.2) is 36.2 Å². The van der Waals surface area contributed by atoms with E-state index in [-0.39, 0.29) is 5.97 Å². The highest BCUT2D eigenvalue weighted by Gasteiger charge is 2.33. The number of rotatable bonds is 10. The molecule has 3 nitrogen and oxygen atoms in total. The van der Waals surface area contributed by atoms with Crippen molar-refractivity contribution in [2.75, 3.05) is 24.7 Å². The molecular formula is C13H27NO2S. The zero-order chi connectivity index (χ0) is 13.1. The van der Waals surface area contributed by atoms with Crippen molar-refractivity contribution in [2.24, 2.45) is 0 Å².